The largest absolute Gasteiger partial charge is 0.356 e. The van der Waals surface area contributed by atoms with Gasteiger partial charge in [0.2, 0.25) is 0 Å². The Morgan fingerprint density at radius 1 is 1.17 bits per heavy atom. The number of anilines is 1. The maximum absolute atomic E-state index is 4.68. The van der Waals surface area contributed by atoms with Crippen molar-refractivity contribution in [2.75, 3.05) is 25.0 Å². The van der Waals surface area contributed by atoms with Gasteiger partial charge in [-0.3, -0.25) is 0 Å². The lowest BCUT2D eigenvalue weighted by molar-refractivity contribution is 0.553. The maximum atomic E-state index is 4.68. The Balaban J connectivity index is 2.10. The van der Waals surface area contributed by atoms with E-state index in [1.807, 2.05) is 13.2 Å². The van der Waals surface area contributed by atoms with Gasteiger partial charge in [-0.1, -0.05) is 19.3 Å². The van der Waals surface area contributed by atoms with E-state index >= 15 is 0 Å². The number of aryl methyl sites for hydroxylation is 1. The van der Waals surface area contributed by atoms with Crippen molar-refractivity contribution in [3.05, 3.63) is 23.4 Å². The molecule has 0 saturated carbocycles. The highest BCUT2D eigenvalue weighted by molar-refractivity contribution is 5.47. The third kappa shape index (κ3) is 3.45. The molecule has 0 bridgehead atoms. The van der Waals surface area contributed by atoms with Crippen molar-refractivity contribution in [3.63, 3.8) is 0 Å². The SMILES string of the molecule is CNCc1cnc(N2CCCCCCC2)c(C)c1. The fourth-order valence-electron chi connectivity index (χ4n) is 2.72. The summed E-state index contributed by atoms with van der Waals surface area (Å²) >= 11 is 0. The minimum atomic E-state index is 0.897. The first-order valence-electron chi connectivity index (χ1n) is 7.16. The molecule has 0 aromatic carbocycles. The zero-order valence-electron chi connectivity index (χ0n) is 11.7. The molecule has 0 atom stereocenters. The lowest BCUT2D eigenvalue weighted by Crippen LogP contribution is -2.28. The molecule has 1 aromatic rings. The van der Waals surface area contributed by atoms with Crippen LogP contribution >= 0.6 is 0 Å². The second-order valence-electron chi connectivity index (χ2n) is 5.27. The van der Waals surface area contributed by atoms with Crippen molar-refractivity contribution in [1.82, 2.24) is 10.3 Å². The summed E-state index contributed by atoms with van der Waals surface area (Å²) in [5, 5.41) is 3.17. The molecule has 100 valence electrons. The molecule has 1 N–H and O–H groups in total. The molecular formula is C15H25N3. The van der Waals surface area contributed by atoms with Crippen LogP contribution in [0.1, 0.15) is 43.2 Å². The van der Waals surface area contributed by atoms with E-state index in [1.165, 1.54) is 62.1 Å². The summed E-state index contributed by atoms with van der Waals surface area (Å²) in [5.41, 5.74) is 2.58. The van der Waals surface area contributed by atoms with E-state index in [-0.39, 0.29) is 0 Å². The Bertz CT molecular complexity index is 368. The number of nitrogens with zero attached hydrogens (tertiary/aromatic N) is 2. The van der Waals surface area contributed by atoms with Gasteiger partial charge in [0.05, 0.1) is 0 Å². The fraction of sp³-hybridized carbons (Fsp3) is 0.667. The smallest absolute Gasteiger partial charge is 0.131 e. The van der Waals surface area contributed by atoms with E-state index in [1.54, 1.807) is 0 Å². The number of hydrogen-bond acceptors (Lipinski definition) is 3. The number of nitrogens with one attached hydrogen (secondary N) is 1. The summed E-state index contributed by atoms with van der Waals surface area (Å²) < 4.78 is 0. The van der Waals surface area contributed by atoms with Crippen LogP contribution in [0.3, 0.4) is 0 Å². The Hall–Kier alpha value is -1.09. The number of aromatic nitrogens is 1. The highest BCUT2D eigenvalue weighted by atomic mass is 15.2. The molecule has 3 nitrogen and oxygen atoms in total. The predicted molar refractivity (Wildman–Crippen MR) is 77.0 cm³/mol. The van der Waals surface area contributed by atoms with E-state index in [0.29, 0.717) is 0 Å². The summed E-state index contributed by atoms with van der Waals surface area (Å²) in [6.07, 6.45) is 8.76. The molecule has 1 fully saturated rings. The van der Waals surface area contributed by atoms with Crippen molar-refractivity contribution in [2.45, 2.75) is 45.6 Å². The minimum Gasteiger partial charge on any atom is -0.356 e. The van der Waals surface area contributed by atoms with E-state index < -0.39 is 0 Å². The fourth-order valence-corrected chi connectivity index (χ4v) is 2.72. The van der Waals surface area contributed by atoms with Crippen molar-refractivity contribution in [2.24, 2.45) is 0 Å². The lowest BCUT2D eigenvalue weighted by Gasteiger charge is -2.27. The van der Waals surface area contributed by atoms with Gasteiger partial charge in [-0.2, -0.15) is 0 Å². The standard InChI is InChI=1S/C15H25N3/c1-13-10-14(11-16-2)12-17-15(13)18-8-6-4-3-5-7-9-18/h10,12,16H,3-9,11H2,1-2H3. The van der Waals surface area contributed by atoms with E-state index in [9.17, 15) is 0 Å². The molecule has 1 aliphatic rings. The van der Waals surface area contributed by atoms with Crippen LogP contribution in [0, 0.1) is 6.92 Å². The molecule has 0 aliphatic carbocycles. The van der Waals surface area contributed by atoms with Crippen molar-refractivity contribution in [1.29, 1.82) is 0 Å². The molecule has 2 rings (SSSR count). The first-order valence-corrected chi connectivity index (χ1v) is 7.16. The number of rotatable bonds is 3. The highest BCUT2D eigenvalue weighted by Gasteiger charge is 2.12. The molecule has 18 heavy (non-hydrogen) atoms. The minimum absolute atomic E-state index is 0.897. The number of pyridine rings is 1. The van der Waals surface area contributed by atoms with Crippen molar-refractivity contribution < 1.29 is 0 Å². The molecule has 1 saturated heterocycles. The Morgan fingerprint density at radius 2 is 1.83 bits per heavy atom. The van der Waals surface area contributed by atoms with Gasteiger partial charge in [-0.05, 0) is 44.0 Å². The van der Waals surface area contributed by atoms with Crippen molar-refractivity contribution >= 4 is 5.82 Å². The quantitative estimate of drug-likeness (QED) is 0.890. The van der Waals surface area contributed by atoms with Gasteiger partial charge in [-0.25, -0.2) is 4.98 Å². The van der Waals surface area contributed by atoms with Gasteiger partial charge in [0.15, 0.2) is 0 Å². The van der Waals surface area contributed by atoms with Crippen molar-refractivity contribution in [3.8, 4) is 0 Å². The zero-order chi connectivity index (χ0) is 12.8. The van der Waals surface area contributed by atoms with Crippen LogP contribution in [0.5, 0.6) is 0 Å². The van der Waals surface area contributed by atoms with Crippen LogP contribution in [0.2, 0.25) is 0 Å². The Labute approximate surface area is 111 Å². The second kappa shape index (κ2) is 6.74. The van der Waals surface area contributed by atoms with Crippen LogP contribution in [-0.2, 0) is 6.54 Å². The van der Waals surface area contributed by atoms with Crippen LogP contribution in [0.25, 0.3) is 0 Å². The van der Waals surface area contributed by atoms with Crippen LogP contribution in [0.15, 0.2) is 12.3 Å². The summed E-state index contributed by atoms with van der Waals surface area (Å²) in [6.45, 7) is 5.41. The number of hydrogen-bond donors (Lipinski definition) is 1. The Kier molecular flexibility index (Phi) is 5.00. The predicted octanol–water partition coefficient (Wildman–Crippen LogP) is 2.88. The van der Waals surface area contributed by atoms with Crippen LogP contribution < -0.4 is 10.2 Å². The zero-order valence-corrected chi connectivity index (χ0v) is 11.7. The lowest BCUT2D eigenvalue weighted by atomic mass is 10.1. The summed E-state index contributed by atoms with van der Waals surface area (Å²) in [7, 11) is 1.97. The molecule has 3 heteroatoms. The van der Waals surface area contributed by atoms with Gasteiger partial charge < -0.3 is 10.2 Å². The highest BCUT2D eigenvalue weighted by Crippen LogP contribution is 2.21. The molecule has 0 amide bonds. The van der Waals surface area contributed by atoms with E-state index in [4.69, 9.17) is 0 Å². The van der Waals surface area contributed by atoms with E-state index in [0.717, 1.165) is 6.54 Å². The third-order valence-electron chi connectivity index (χ3n) is 3.64. The summed E-state index contributed by atoms with van der Waals surface area (Å²) in [5.74, 6) is 1.19. The van der Waals surface area contributed by atoms with Gasteiger partial charge in [0, 0.05) is 25.8 Å². The molecule has 2 heterocycles. The molecule has 0 unspecified atom stereocenters. The third-order valence-corrected chi connectivity index (χ3v) is 3.64. The first-order chi connectivity index (χ1) is 8.81. The second-order valence-corrected chi connectivity index (χ2v) is 5.27. The normalized spacial score (nSPS) is 17.3. The van der Waals surface area contributed by atoms with Gasteiger partial charge in [0.25, 0.3) is 0 Å². The van der Waals surface area contributed by atoms with Gasteiger partial charge >= 0.3 is 0 Å². The van der Waals surface area contributed by atoms with Crippen LogP contribution in [0.4, 0.5) is 5.82 Å². The summed E-state index contributed by atoms with van der Waals surface area (Å²) in [4.78, 5) is 7.15. The molecule has 1 aromatic heterocycles. The average Bonchev–Trinajstić information content (AvgIpc) is 2.30. The molecule has 0 radical (unpaired) electrons. The van der Waals surface area contributed by atoms with Gasteiger partial charge in [0.1, 0.15) is 5.82 Å². The average molecular weight is 247 g/mol. The summed E-state index contributed by atoms with van der Waals surface area (Å²) in [6, 6.07) is 2.26. The Morgan fingerprint density at radius 3 is 2.44 bits per heavy atom. The van der Waals surface area contributed by atoms with Gasteiger partial charge in [-0.15, -0.1) is 0 Å². The monoisotopic (exact) mass is 247 g/mol. The molecule has 1 aliphatic heterocycles. The maximum Gasteiger partial charge on any atom is 0.131 e. The topological polar surface area (TPSA) is 28.2 Å². The first kappa shape index (κ1) is 13.3. The van der Waals surface area contributed by atoms with Crippen LogP contribution in [-0.4, -0.2) is 25.1 Å². The molecule has 0 spiro atoms. The molecular weight excluding hydrogens is 222 g/mol. The van der Waals surface area contributed by atoms with E-state index in [2.05, 4.69) is 28.2 Å².